The van der Waals surface area contributed by atoms with Gasteiger partial charge in [-0.1, -0.05) is 42.5 Å². The first-order valence-electron chi connectivity index (χ1n) is 11.4. The maximum Gasteiger partial charge on any atom is 0.329 e. The predicted molar refractivity (Wildman–Crippen MR) is 129 cm³/mol. The molecule has 0 aromatic heterocycles. The topological polar surface area (TPSA) is 105 Å². The molecule has 1 aliphatic rings. The van der Waals surface area contributed by atoms with E-state index in [2.05, 4.69) is 5.32 Å². The van der Waals surface area contributed by atoms with Gasteiger partial charge in [-0.3, -0.25) is 9.59 Å². The summed E-state index contributed by atoms with van der Waals surface area (Å²) in [5, 5.41) is 12.7. The highest BCUT2D eigenvalue weighted by atomic mass is 19.1. The molecule has 2 atom stereocenters. The van der Waals surface area contributed by atoms with Crippen LogP contribution in [0, 0.1) is 5.82 Å². The molecule has 8 nitrogen and oxygen atoms in total. The number of carbonyl (C=O) groups is 3. The maximum absolute atomic E-state index is 13.9. The Bertz CT molecular complexity index is 1240. The first kappa shape index (κ1) is 24.9. The molecule has 2 unspecified atom stereocenters. The zero-order chi connectivity index (χ0) is 25.5. The number of anilines is 1. The summed E-state index contributed by atoms with van der Waals surface area (Å²) < 4.78 is 24.8. The van der Waals surface area contributed by atoms with Crippen molar-refractivity contribution in [3.63, 3.8) is 0 Å². The minimum atomic E-state index is -1.06. The zero-order valence-corrected chi connectivity index (χ0v) is 19.3. The molecule has 36 heavy (non-hydrogen) atoms. The monoisotopic (exact) mass is 492 g/mol. The number of esters is 1. The van der Waals surface area contributed by atoms with Crippen molar-refractivity contribution in [2.45, 2.75) is 25.0 Å². The van der Waals surface area contributed by atoms with Gasteiger partial charge in [-0.25, -0.2) is 9.18 Å². The lowest BCUT2D eigenvalue weighted by molar-refractivity contribution is -0.155. The average molecular weight is 493 g/mol. The normalized spacial score (nSPS) is 16.9. The molecule has 3 aromatic carbocycles. The van der Waals surface area contributed by atoms with Gasteiger partial charge in [0.05, 0.1) is 12.5 Å². The number of aliphatic hydroxyl groups is 1. The Morgan fingerprint density at radius 2 is 1.69 bits per heavy atom. The highest BCUT2D eigenvalue weighted by Gasteiger charge is 2.40. The maximum atomic E-state index is 13.9. The molecule has 1 heterocycles. The van der Waals surface area contributed by atoms with E-state index < -0.39 is 42.4 Å². The summed E-state index contributed by atoms with van der Waals surface area (Å²) in [4.78, 5) is 38.9. The van der Waals surface area contributed by atoms with Crippen LogP contribution in [-0.2, 0) is 25.5 Å². The largest absolute Gasteiger partial charge is 0.457 e. The fourth-order valence-electron chi connectivity index (χ4n) is 3.91. The summed E-state index contributed by atoms with van der Waals surface area (Å²) >= 11 is 0. The van der Waals surface area contributed by atoms with Gasteiger partial charge in [0.25, 0.3) is 5.91 Å². The molecule has 1 fully saturated rings. The molecule has 2 amide bonds. The lowest BCUT2D eigenvalue weighted by atomic mass is 10.1. The van der Waals surface area contributed by atoms with Crippen LogP contribution in [-0.4, -0.2) is 53.1 Å². The molecule has 9 heteroatoms. The number of benzene rings is 3. The number of likely N-dealkylation sites (tertiary alicyclic amines) is 1. The van der Waals surface area contributed by atoms with E-state index in [-0.39, 0.29) is 24.9 Å². The van der Waals surface area contributed by atoms with E-state index in [9.17, 15) is 23.9 Å². The molecule has 0 saturated carbocycles. The third-order valence-electron chi connectivity index (χ3n) is 5.61. The van der Waals surface area contributed by atoms with E-state index in [4.69, 9.17) is 9.47 Å². The quantitative estimate of drug-likeness (QED) is 0.468. The van der Waals surface area contributed by atoms with E-state index in [1.54, 1.807) is 42.5 Å². The highest BCUT2D eigenvalue weighted by molar-refractivity contribution is 5.94. The number of nitrogens with zero attached hydrogens (tertiary/aromatic N) is 1. The Labute approximate surface area is 207 Å². The molecule has 4 rings (SSSR count). The summed E-state index contributed by atoms with van der Waals surface area (Å²) in [5.74, 6) is -1.28. The Morgan fingerprint density at radius 1 is 0.972 bits per heavy atom. The van der Waals surface area contributed by atoms with E-state index in [1.807, 2.05) is 18.2 Å². The minimum absolute atomic E-state index is 0.0255. The molecular weight excluding hydrogens is 467 g/mol. The standard InChI is InChI=1S/C27H25FN2O6/c28-23-12-5-4-7-18(23)13-26(33)30-16-20(31)15-24(30)27(34)35-17-25(32)29-19-8-6-11-22(14-19)36-21-9-2-1-3-10-21/h1-12,14,20,24,31H,13,15-17H2,(H,29,32). The van der Waals surface area contributed by atoms with Gasteiger partial charge in [-0.15, -0.1) is 0 Å². The number of β-amino-alcohol motifs (C(OH)–C–C–N with tert-alkyl or cyclic N) is 1. The first-order valence-corrected chi connectivity index (χ1v) is 11.4. The van der Waals surface area contributed by atoms with Crippen LogP contribution in [0.1, 0.15) is 12.0 Å². The van der Waals surface area contributed by atoms with Crippen molar-refractivity contribution in [1.82, 2.24) is 4.90 Å². The lowest BCUT2D eigenvalue weighted by Gasteiger charge is -2.23. The fraction of sp³-hybridized carbons (Fsp3) is 0.222. The average Bonchev–Trinajstić information content (AvgIpc) is 3.27. The van der Waals surface area contributed by atoms with Crippen LogP contribution in [0.25, 0.3) is 0 Å². The Balaban J connectivity index is 1.31. The van der Waals surface area contributed by atoms with Gasteiger partial charge in [-0.2, -0.15) is 0 Å². The third-order valence-corrected chi connectivity index (χ3v) is 5.61. The summed E-state index contributed by atoms with van der Waals surface area (Å²) in [6.45, 7) is -0.655. The number of para-hydroxylation sites is 1. The number of hydrogen-bond donors (Lipinski definition) is 2. The van der Waals surface area contributed by atoms with Crippen LogP contribution in [0.3, 0.4) is 0 Å². The van der Waals surface area contributed by atoms with Gasteiger partial charge in [0.2, 0.25) is 5.91 Å². The SMILES string of the molecule is O=C(COC(=O)C1CC(O)CN1C(=O)Cc1ccccc1F)Nc1cccc(Oc2ccccc2)c1. The second-order valence-electron chi connectivity index (χ2n) is 8.32. The van der Waals surface area contributed by atoms with E-state index in [0.29, 0.717) is 17.2 Å². The van der Waals surface area contributed by atoms with Gasteiger partial charge in [0.15, 0.2) is 6.61 Å². The number of carbonyl (C=O) groups excluding carboxylic acids is 3. The summed E-state index contributed by atoms with van der Waals surface area (Å²) in [7, 11) is 0. The van der Waals surface area contributed by atoms with Crippen molar-refractivity contribution < 1.29 is 33.4 Å². The molecule has 0 aliphatic carbocycles. The lowest BCUT2D eigenvalue weighted by Crippen LogP contribution is -2.43. The van der Waals surface area contributed by atoms with E-state index in [1.165, 1.54) is 23.1 Å². The molecule has 1 aliphatic heterocycles. The van der Waals surface area contributed by atoms with Crippen LogP contribution in [0.5, 0.6) is 11.5 Å². The number of halogens is 1. The van der Waals surface area contributed by atoms with E-state index >= 15 is 0 Å². The van der Waals surface area contributed by atoms with Crippen molar-refractivity contribution in [1.29, 1.82) is 0 Å². The second-order valence-corrected chi connectivity index (χ2v) is 8.32. The Kier molecular flexibility index (Phi) is 7.92. The van der Waals surface area contributed by atoms with Crippen LogP contribution in [0.15, 0.2) is 78.9 Å². The van der Waals surface area contributed by atoms with Gasteiger partial charge in [-0.05, 0) is 35.9 Å². The molecule has 2 N–H and O–H groups in total. The summed E-state index contributed by atoms with van der Waals surface area (Å²) in [5.41, 5.74) is 0.635. The minimum Gasteiger partial charge on any atom is -0.457 e. The molecule has 0 bridgehead atoms. The van der Waals surface area contributed by atoms with Crippen molar-refractivity contribution in [2.75, 3.05) is 18.5 Å². The van der Waals surface area contributed by atoms with Crippen molar-refractivity contribution in [3.05, 3.63) is 90.2 Å². The first-order chi connectivity index (χ1) is 17.4. The number of nitrogens with one attached hydrogen (secondary N) is 1. The summed E-state index contributed by atoms with van der Waals surface area (Å²) in [6.07, 6.45) is -1.21. The van der Waals surface area contributed by atoms with Crippen molar-refractivity contribution in [2.24, 2.45) is 0 Å². The fourth-order valence-corrected chi connectivity index (χ4v) is 3.91. The number of amides is 2. The number of rotatable bonds is 8. The van der Waals surface area contributed by atoms with Gasteiger partial charge in [0.1, 0.15) is 23.4 Å². The van der Waals surface area contributed by atoms with Crippen LogP contribution >= 0.6 is 0 Å². The van der Waals surface area contributed by atoms with Crippen LogP contribution < -0.4 is 10.1 Å². The van der Waals surface area contributed by atoms with Crippen LogP contribution in [0.4, 0.5) is 10.1 Å². The smallest absolute Gasteiger partial charge is 0.329 e. The van der Waals surface area contributed by atoms with Crippen molar-refractivity contribution in [3.8, 4) is 11.5 Å². The Morgan fingerprint density at radius 3 is 2.47 bits per heavy atom. The Hall–Kier alpha value is -4.24. The predicted octanol–water partition coefficient (Wildman–Crippen LogP) is 3.30. The third kappa shape index (κ3) is 6.45. The molecule has 1 saturated heterocycles. The molecule has 186 valence electrons. The molecule has 0 spiro atoms. The highest BCUT2D eigenvalue weighted by Crippen LogP contribution is 2.24. The number of hydrogen-bond acceptors (Lipinski definition) is 6. The number of ether oxygens (including phenoxy) is 2. The number of aliphatic hydroxyl groups excluding tert-OH is 1. The van der Waals surface area contributed by atoms with Crippen LogP contribution in [0.2, 0.25) is 0 Å². The molecular formula is C27H25FN2O6. The zero-order valence-electron chi connectivity index (χ0n) is 19.3. The summed E-state index contributed by atoms with van der Waals surface area (Å²) in [6, 6.07) is 20.7. The van der Waals surface area contributed by atoms with Gasteiger partial charge in [0, 0.05) is 24.7 Å². The van der Waals surface area contributed by atoms with Gasteiger partial charge < -0.3 is 24.8 Å². The second kappa shape index (κ2) is 11.5. The molecule has 3 aromatic rings. The molecule has 0 radical (unpaired) electrons. The van der Waals surface area contributed by atoms with E-state index in [0.717, 1.165) is 0 Å². The van der Waals surface area contributed by atoms with Gasteiger partial charge >= 0.3 is 5.97 Å². The van der Waals surface area contributed by atoms with Crippen molar-refractivity contribution >= 4 is 23.5 Å².